The third-order valence-corrected chi connectivity index (χ3v) is 4.69. The summed E-state index contributed by atoms with van der Waals surface area (Å²) in [7, 11) is 0. The van der Waals surface area contributed by atoms with Gasteiger partial charge in [0.1, 0.15) is 5.82 Å². The van der Waals surface area contributed by atoms with Gasteiger partial charge in [-0.1, -0.05) is 66.7 Å². The van der Waals surface area contributed by atoms with Gasteiger partial charge in [-0.25, -0.2) is 4.98 Å². The number of pyridine rings is 1. The van der Waals surface area contributed by atoms with Crippen molar-refractivity contribution >= 4 is 10.9 Å². The van der Waals surface area contributed by atoms with Crippen LogP contribution in [0.25, 0.3) is 44.8 Å². The monoisotopic (exact) mass is 347 g/mol. The van der Waals surface area contributed by atoms with E-state index in [2.05, 4.69) is 52.4 Å². The maximum atomic E-state index is 4.96. The Labute approximate surface area is 157 Å². The molecule has 0 atom stereocenters. The van der Waals surface area contributed by atoms with Gasteiger partial charge in [-0.15, -0.1) is 0 Å². The molecule has 5 aromatic rings. The lowest BCUT2D eigenvalue weighted by molar-refractivity contribution is 1.31. The number of fused-ring (bicyclic) bond motifs is 1. The standard InChI is InChI=1S/C24H17N3/c1-3-8-17(9-4-1)22-23(18-10-5-2-6-11-18)27-24(26-22)20-13-14-21-19(16-20)12-7-15-25-21/h1-16H,(H,26,27). The Morgan fingerprint density at radius 2 is 1.37 bits per heavy atom. The predicted molar refractivity (Wildman–Crippen MR) is 110 cm³/mol. The highest BCUT2D eigenvalue weighted by Gasteiger charge is 2.15. The first-order chi connectivity index (χ1) is 13.4. The topological polar surface area (TPSA) is 41.6 Å². The normalized spacial score (nSPS) is 11.0. The van der Waals surface area contributed by atoms with Gasteiger partial charge < -0.3 is 4.98 Å². The molecule has 0 fully saturated rings. The number of nitrogens with zero attached hydrogens (tertiary/aromatic N) is 2. The molecular formula is C24H17N3. The van der Waals surface area contributed by atoms with E-state index in [1.807, 2.05) is 54.7 Å². The molecule has 0 unspecified atom stereocenters. The van der Waals surface area contributed by atoms with Gasteiger partial charge in [0.2, 0.25) is 0 Å². The summed E-state index contributed by atoms with van der Waals surface area (Å²) in [5, 5.41) is 1.11. The summed E-state index contributed by atoms with van der Waals surface area (Å²) in [4.78, 5) is 12.9. The number of aromatic amines is 1. The van der Waals surface area contributed by atoms with Crippen molar-refractivity contribution in [2.24, 2.45) is 0 Å². The predicted octanol–water partition coefficient (Wildman–Crippen LogP) is 5.96. The fraction of sp³-hybridized carbons (Fsp3) is 0. The van der Waals surface area contributed by atoms with Gasteiger partial charge in [-0.05, 0) is 24.3 Å². The van der Waals surface area contributed by atoms with Gasteiger partial charge in [-0.2, -0.15) is 0 Å². The number of imidazole rings is 1. The molecule has 27 heavy (non-hydrogen) atoms. The van der Waals surface area contributed by atoms with Crippen molar-refractivity contribution in [3.63, 3.8) is 0 Å². The number of rotatable bonds is 3. The van der Waals surface area contributed by atoms with Gasteiger partial charge in [0.05, 0.1) is 16.9 Å². The first-order valence-corrected chi connectivity index (χ1v) is 8.94. The maximum Gasteiger partial charge on any atom is 0.138 e. The number of aromatic nitrogens is 3. The Bertz CT molecular complexity index is 1150. The quantitative estimate of drug-likeness (QED) is 0.437. The highest BCUT2D eigenvalue weighted by Crippen LogP contribution is 2.33. The summed E-state index contributed by atoms with van der Waals surface area (Å²) in [6.45, 7) is 0. The van der Waals surface area contributed by atoms with E-state index in [9.17, 15) is 0 Å². The Morgan fingerprint density at radius 1 is 0.630 bits per heavy atom. The van der Waals surface area contributed by atoms with Crippen molar-refractivity contribution in [3.8, 4) is 33.9 Å². The molecule has 0 amide bonds. The van der Waals surface area contributed by atoms with Crippen LogP contribution in [0.4, 0.5) is 0 Å². The van der Waals surface area contributed by atoms with Crippen LogP contribution in [-0.4, -0.2) is 15.0 Å². The second kappa shape index (κ2) is 6.54. The van der Waals surface area contributed by atoms with Gasteiger partial charge in [0, 0.05) is 28.3 Å². The minimum Gasteiger partial charge on any atom is -0.337 e. The molecule has 0 radical (unpaired) electrons. The number of H-pyrrole nitrogens is 1. The van der Waals surface area contributed by atoms with Gasteiger partial charge in [0.25, 0.3) is 0 Å². The third kappa shape index (κ3) is 2.89. The first kappa shape index (κ1) is 15.5. The molecule has 0 aliphatic rings. The minimum atomic E-state index is 0.860. The van der Waals surface area contributed by atoms with Crippen LogP contribution in [0.15, 0.2) is 97.2 Å². The van der Waals surface area contributed by atoms with Crippen molar-refractivity contribution in [2.75, 3.05) is 0 Å². The highest BCUT2D eigenvalue weighted by atomic mass is 14.9. The molecule has 0 saturated carbocycles. The van der Waals surface area contributed by atoms with Crippen LogP contribution < -0.4 is 0 Å². The molecule has 5 rings (SSSR count). The number of nitrogens with one attached hydrogen (secondary N) is 1. The molecule has 3 aromatic carbocycles. The lowest BCUT2D eigenvalue weighted by atomic mass is 10.1. The van der Waals surface area contributed by atoms with Crippen molar-refractivity contribution < 1.29 is 0 Å². The fourth-order valence-corrected chi connectivity index (χ4v) is 3.35. The van der Waals surface area contributed by atoms with E-state index in [0.717, 1.165) is 44.8 Å². The van der Waals surface area contributed by atoms with E-state index < -0.39 is 0 Å². The van der Waals surface area contributed by atoms with Crippen LogP contribution in [0.1, 0.15) is 0 Å². The zero-order valence-corrected chi connectivity index (χ0v) is 14.6. The first-order valence-electron chi connectivity index (χ1n) is 8.94. The molecule has 3 nitrogen and oxygen atoms in total. The lowest BCUT2D eigenvalue weighted by Crippen LogP contribution is -1.83. The number of hydrogen-bond donors (Lipinski definition) is 1. The molecule has 3 heteroatoms. The Morgan fingerprint density at radius 3 is 2.15 bits per heavy atom. The molecule has 2 aromatic heterocycles. The Hall–Kier alpha value is -3.72. The summed E-state index contributed by atoms with van der Waals surface area (Å²) in [6, 6.07) is 30.9. The van der Waals surface area contributed by atoms with Crippen LogP contribution in [0.2, 0.25) is 0 Å². The van der Waals surface area contributed by atoms with Crippen molar-refractivity contribution in [1.29, 1.82) is 0 Å². The minimum absolute atomic E-state index is 0.860. The Kier molecular flexibility index (Phi) is 3.76. The summed E-state index contributed by atoms with van der Waals surface area (Å²) in [5.74, 6) is 0.860. The SMILES string of the molecule is c1ccc(-c2nc(-c3ccc4ncccc4c3)[nH]c2-c2ccccc2)cc1. The van der Waals surface area contributed by atoms with Crippen molar-refractivity contribution in [1.82, 2.24) is 15.0 Å². The van der Waals surface area contributed by atoms with E-state index in [1.165, 1.54) is 0 Å². The average molecular weight is 347 g/mol. The Balaban J connectivity index is 1.70. The zero-order chi connectivity index (χ0) is 18.1. The second-order valence-corrected chi connectivity index (χ2v) is 6.45. The number of hydrogen-bond acceptors (Lipinski definition) is 2. The third-order valence-electron chi connectivity index (χ3n) is 4.69. The van der Waals surface area contributed by atoms with Crippen LogP contribution in [0, 0.1) is 0 Å². The van der Waals surface area contributed by atoms with Crippen molar-refractivity contribution in [2.45, 2.75) is 0 Å². The smallest absolute Gasteiger partial charge is 0.138 e. The molecule has 2 heterocycles. The maximum absolute atomic E-state index is 4.96. The van der Waals surface area contributed by atoms with E-state index >= 15 is 0 Å². The van der Waals surface area contributed by atoms with Gasteiger partial charge in [0.15, 0.2) is 0 Å². The van der Waals surface area contributed by atoms with Crippen LogP contribution in [0.5, 0.6) is 0 Å². The van der Waals surface area contributed by atoms with Crippen molar-refractivity contribution in [3.05, 3.63) is 97.2 Å². The molecule has 0 bridgehead atoms. The molecule has 0 saturated heterocycles. The van der Waals surface area contributed by atoms with E-state index in [0.29, 0.717) is 0 Å². The van der Waals surface area contributed by atoms with Crippen LogP contribution in [-0.2, 0) is 0 Å². The summed E-state index contributed by atoms with van der Waals surface area (Å²) in [5.41, 5.74) is 6.25. The molecule has 0 aliphatic carbocycles. The lowest BCUT2D eigenvalue weighted by Gasteiger charge is -2.02. The summed E-state index contributed by atoms with van der Waals surface area (Å²) >= 11 is 0. The zero-order valence-electron chi connectivity index (χ0n) is 14.6. The second-order valence-electron chi connectivity index (χ2n) is 6.45. The average Bonchev–Trinajstić information content (AvgIpc) is 3.20. The van der Waals surface area contributed by atoms with Crippen LogP contribution >= 0.6 is 0 Å². The fourth-order valence-electron chi connectivity index (χ4n) is 3.35. The molecule has 128 valence electrons. The van der Waals surface area contributed by atoms with Gasteiger partial charge >= 0.3 is 0 Å². The van der Waals surface area contributed by atoms with E-state index in [1.54, 1.807) is 0 Å². The molecule has 1 N–H and O–H groups in total. The molecular weight excluding hydrogens is 330 g/mol. The summed E-state index contributed by atoms with van der Waals surface area (Å²) < 4.78 is 0. The summed E-state index contributed by atoms with van der Waals surface area (Å²) in [6.07, 6.45) is 1.82. The molecule has 0 aliphatic heterocycles. The molecule has 0 spiro atoms. The van der Waals surface area contributed by atoms with Crippen LogP contribution in [0.3, 0.4) is 0 Å². The number of benzene rings is 3. The highest BCUT2D eigenvalue weighted by molar-refractivity contribution is 5.85. The van der Waals surface area contributed by atoms with E-state index in [-0.39, 0.29) is 0 Å². The van der Waals surface area contributed by atoms with E-state index in [4.69, 9.17) is 4.98 Å². The largest absolute Gasteiger partial charge is 0.337 e. The van der Waals surface area contributed by atoms with Gasteiger partial charge in [-0.3, -0.25) is 4.98 Å².